The van der Waals surface area contributed by atoms with E-state index in [9.17, 15) is 14.9 Å². The lowest BCUT2D eigenvalue weighted by Crippen LogP contribution is -2.26. The number of carbonyl (C=O) groups excluding carboxylic acids is 2. The number of nitrogens with zero attached hydrogens (tertiary/aromatic N) is 2. The molecule has 1 amide bonds. The molecule has 0 spiro atoms. The van der Waals surface area contributed by atoms with Gasteiger partial charge in [-0.3, -0.25) is 4.79 Å². The molecule has 6 nitrogen and oxygen atoms in total. The third-order valence-electron chi connectivity index (χ3n) is 4.11. The summed E-state index contributed by atoms with van der Waals surface area (Å²) in [6.07, 6.45) is 2.60. The molecule has 1 aliphatic carbocycles. The van der Waals surface area contributed by atoms with Crippen LogP contribution in [-0.2, 0) is 9.53 Å². The fourth-order valence-corrected chi connectivity index (χ4v) is 3.19. The van der Waals surface area contributed by atoms with Gasteiger partial charge >= 0.3 is 5.97 Å². The van der Waals surface area contributed by atoms with Crippen LogP contribution >= 0.6 is 11.8 Å². The average Bonchev–Trinajstić information content (AvgIpc) is 3.50. The Bertz CT molecular complexity index is 889. The molecule has 1 aromatic carbocycles. The quantitative estimate of drug-likeness (QED) is 0.621. The molecular weight excluding hydrogens is 350 g/mol. The number of carbonyl (C=O) groups is 2. The van der Waals surface area contributed by atoms with E-state index in [2.05, 4.69) is 4.98 Å². The lowest BCUT2D eigenvalue weighted by molar-refractivity contribution is -0.127. The average molecular weight is 367 g/mol. The van der Waals surface area contributed by atoms with E-state index in [1.807, 2.05) is 6.07 Å². The number of aromatic nitrogens is 1. The van der Waals surface area contributed by atoms with Crippen molar-refractivity contribution in [3.8, 4) is 6.07 Å². The molecule has 1 atom stereocenters. The number of pyridine rings is 1. The van der Waals surface area contributed by atoms with Crippen molar-refractivity contribution in [1.82, 2.24) is 4.98 Å². The Hall–Kier alpha value is -2.85. The molecule has 0 saturated heterocycles. The number of rotatable bonds is 6. The summed E-state index contributed by atoms with van der Waals surface area (Å²) in [6, 6.07) is 12.2. The molecule has 1 unspecified atom stereocenters. The molecule has 3 rings (SSSR count). The third-order valence-corrected chi connectivity index (χ3v) is 4.79. The molecule has 1 aliphatic rings. The number of nitriles is 1. The van der Waals surface area contributed by atoms with Gasteiger partial charge in [-0.25, -0.2) is 9.78 Å². The number of ether oxygens (including phenoxy) is 1. The van der Waals surface area contributed by atoms with Crippen LogP contribution in [0.1, 0.15) is 52.0 Å². The van der Waals surface area contributed by atoms with Crippen molar-refractivity contribution < 1.29 is 14.3 Å². The first-order chi connectivity index (χ1) is 12.5. The number of thioether (sulfide) groups is 1. The number of esters is 1. The van der Waals surface area contributed by atoms with Crippen LogP contribution < -0.4 is 5.73 Å². The fraction of sp³-hybridized carbons (Fsp3) is 0.263. The van der Waals surface area contributed by atoms with Gasteiger partial charge in [0, 0.05) is 17.2 Å². The minimum absolute atomic E-state index is 0.121. The van der Waals surface area contributed by atoms with E-state index in [-0.39, 0.29) is 11.1 Å². The van der Waals surface area contributed by atoms with Crippen LogP contribution in [0.25, 0.3) is 0 Å². The van der Waals surface area contributed by atoms with Gasteiger partial charge in [-0.15, -0.1) is 11.8 Å². The minimum Gasteiger partial charge on any atom is -0.444 e. The fourth-order valence-electron chi connectivity index (χ4n) is 2.63. The molecule has 0 aliphatic heterocycles. The summed E-state index contributed by atoms with van der Waals surface area (Å²) in [4.78, 5) is 29.0. The van der Waals surface area contributed by atoms with Crippen LogP contribution in [0.3, 0.4) is 0 Å². The standard InChI is InChI=1S/C19H17N3O3S/c1-26-18-14(10-20)13(9-15(22-18)11-7-8-11)19(24)25-16(17(21)23)12-5-3-2-4-6-12/h2-6,9,11,16H,7-8H2,1H3,(H2,21,23). The monoisotopic (exact) mass is 367 g/mol. The molecule has 2 N–H and O–H groups in total. The summed E-state index contributed by atoms with van der Waals surface area (Å²) < 4.78 is 5.38. The first kappa shape index (κ1) is 18.0. The maximum Gasteiger partial charge on any atom is 0.340 e. The number of benzene rings is 1. The smallest absolute Gasteiger partial charge is 0.340 e. The largest absolute Gasteiger partial charge is 0.444 e. The van der Waals surface area contributed by atoms with Gasteiger partial charge in [-0.05, 0) is 25.2 Å². The SMILES string of the molecule is CSc1nc(C2CC2)cc(C(=O)OC(C(N)=O)c2ccccc2)c1C#N. The van der Waals surface area contributed by atoms with E-state index in [4.69, 9.17) is 10.5 Å². The highest BCUT2D eigenvalue weighted by molar-refractivity contribution is 7.98. The highest BCUT2D eigenvalue weighted by Crippen LogP contribution is 2.40. The van der Waals surface area contributed by atoms with E-state index in [0.717, 1.165) is 18.5 Å². The summed E-state index contributed by atoms with van der Waals surface area (Å²) >= 11 is 1.30. The summed E-state index contributed by atoms with van der Waals surface area (Å²) in [5.41, 5.74) is 6.94. The van der Waals surface area contributed by atoms with Crippen molar-refractivity contribution in [2.24, 2.45) is 5.73 Å². The van der Waals surface area contributed by atoms with Gasteiger partial charge in [0.25, 0.3) is 5.91 Å². The zero-order valence-electron chi connectivity index (χ0n) is 14.1. The lowest BCUT2D eigenvalue weighted by Gasteiger charge is -2.16. The van der Waals surface area contributed by atoms with Gasteiger partial charge in [-0.2, -0.15) is 5.26 Å². The molecule has 132 valence electrons. The van der Waals surface area contributed by atoms with E-state index in [0.29, 0.717) is 16.5 Å². The zero-order valence-corrected chi connectivity index (χ0v) is 15.0. The molecule has 1 saturated carbocycles. The van der Waals surface area contributed by atoms with Crippen molar-refractivity contribution in [1.29, 1.82) is 5.26 Å². The summed E-state index contributed by atoms with van der Waals surface area (Å²) in [5, 5.41) is 9.97. The maximum atomic E-state index is 12.8. The summed E-state index contributed by atoms with van der Waals surface area (Å²) in [5.74, 6) is -1.22. The van der Waals surface area contributed by atoms with Crippen LogP contribution in [0, 0.1) is 11.3 Å². The van der Waals surface area contributed by atoms with Crippen LogP contribution in [0.15, 0.2) is 41.4 Å². The molecule has 7 heteroatoms. The minimum atomic E-state index is -1.22. The van der Waals surface area contributed by atoms with Crippen molar-refractivity contribution in [2.75, 3.05) is 6.26 Å². The Balaban J connectivity index is 1.97. The van der Waals surface area contributed by atoms with Gasteiger partial charge in [0.15, 0.2) is 0 Å². The number of hydrogen-bond acceptors (Lipinski definition) is 6. The molecule has 2 aromatic rings. The summed E-state index contributed by atoms with van der Waals surface area (Å²) in [7, 11) is 0. The first-order valence-corrected chi connectivity index (χ1v) is 9.32. The zero-order chi connectivity index (χ0) is 18.7. The van der Waals surface area contributed by atoms with Gasteiger partial charge in [0.1, 0.15) is 11.1 Å². The van der Waals surface area contributed by atoms with Crippen LogP contribution in [-0.4, -0.2) is 23.1 Å². The van der Waals surface area contributed by atoms with Crippen molar-refractivity contribution in [3.05, 3.63) is 58.8 Å². The first-order valence-electron chi connectivity index (χ1n) is 8.09. The second-order valence-electron chi connectivity index (χ2n) is 5.96. The van der Waals surface area contributed by atoms with E-state index in [1.54, 1.807) is 42.7 Å². The molecule has 1 aromatic heterocycles. The van der Waals surface area contributed by atoms with Crippen LogP contribution in [0.2, 0.25) is 0 Å². The normalized spacial score (nSPS) is 14.3. The van der Waals surface area contributed by atoms with E-state index < -0.39 is 18.0 Å². The van der Waals surface area contributed by atoms with Crippen molar-refractivity contribution in [2.45, 2.75) is 29.9 Å². The Morgan fingerprint density at radius 1 is 1.35 bits per heavy atom. The number of nitrogens with two attached hydrogens (primary N) is 1. The second kappa shape index (κ2) is 7.58. The molecule has 1 fully saturated rings. The summed E-state index contributed by atoms with van der Waals surface area (Å²) in [6.45, 7) is 0. The van der Waals surface area contributed by atoms with Crippen LogP contribution in [0.5, 0.6) is 0 Å². The molecule has 0 bridgehead atoms. The number of primary amides is 1. The van der Waals surface area contributed by atoms with E-state index >= 15 is 0 Å². The Morgan fingerprint density at radius 2 is 2.04 bits per heavy atom. The van der Waals surface area contributed by atoms with Gasteiger partial charge in [0.05, 0.1) is 11.1 Å². The molecular formula is C19H17N3O3S. The van der Waals surface area contributed by atoms with Crippen molar-refractivity contribution >= 4 is 23.6 Å². The Kier molecular flexibility index (Phi) is 5.24. The third kappa shape index (κ3) is 3.70. The number of hydrogen-bond donors (Lipinski definition) is 1. The Labute approximate surface area is 155 Å². The van der Waals surface area contributed by atoms with E-state index in [1.165, 1.54) is 11.8 Å². The highest BCUT2D eigenvalue weighted by atomic mass is 32.2. The Morgan fingerprint density at radius 3 is 2.58 bits per heavy atom. The van der Waals surface area contributed by atoms with Gasteiger partial charge < -0.3 is 10.5 Å². The molecule has 26 heavy (non-hydrogen) atoms. The van der Waals surface area contributed by atoms with Gasteiger partial charge in [0.2, 0.25) is 6.10 Å². The topological polar surface area (TPSA) is 106 Å². The second-order valence-corrected chi connectivity index (χ2v) is 6.76. The maximum absolute atomic E-state index is 12.8. The molecule has 0 radical (unpaired) electrons. The van der Waals surface area contributed by atoms with Crippen molar-refractivity contribution in [3.63, 3.8) is 0 Å². The lowest BCUT2D eigenvalue weighted by atomic mass is 10.1. The molecule has 1 heterocycles. The van der Waals surface area contributed by atoms with Gasteiger partial charge in [-0.1, -0.05) is 30.3 Å². The predicted octanol–water partition coefficient (Wildman–Crippen LogP) is 2.94. The highest BCUT2D eigenvalue weighted by Gasteiger charge is 2.30. The number of amides is 1. The van der Waals surface area contributed by atoms with Crippen LogP contribution in [0.4, 0.5) is 0 Å². The predicted molar refractivity (Wildman–Crippen MR) is 96.5 cm³/mol.